The predicted octanol–water partition coefficient (Wildman–Crippen LogP) is 4.83. The van der Waals surface area contributed by atoms with Crippen LogP contribution in [0, 0.1) is 0 Å². The molecule has 88 valence electrons. The molecule has 1 heteroatoms. The van der Waals surface area contributed by atoms with Crippen LogP contribution in [0.15, 0.2) is 42.1 Å². The van der Waals surface area contributed by atoms with Crippen LogP contribution in [0.4, 0.5) is 0 Å². The molecule has 0 aliphatic heterocycles. The summed E-state index contributed by atoms with van der Waals surface area (Å²) in [6.07, 6.45) is 1.09. The molecule has 0 saturated heterocycles. The first-order valence-corrected chi connectivity index (χ1v) is 9.02. The molecule has 0 fully saturated rings. The van der Waals surface area contributed by atoms with E-state index in [0.717, 1.165) is 6.42 Å². The molecule has 0 saturated carbocycles. The zero-order valence-electron chi connectivity index (χ0n) is 10.9. The molecule has 0 radical (unpaired) electrons. The summed E-state index contributed by atoms with van der Waals surface area (Å²) in [5.74, 6) is 0. The normalized spacial score (nSPS) is 11.4. The average molecular weight is 232 g/mol. The number of allylic oxidation sites excluding steroid dienone is 1. The molecule has 0 nitrogen and oxygen atoms in total. The highest BCUT2D eigenvalue weighted by Crippen LogP contribution is 2.29. The fourth-order valence-corrected chi connectivity index (χ4v) is 6.11. The molecule has 1 aromatic rings. The Kier molecular flexibility index (Phi) is 5.00. The van der Waals surface area contributed by atoms with Crippen molar-refractivity contribution >= 4 is 8.07 Å². The summed E-state index contributed by atoms with van der Waals surface area (Å²) < 4.78 is 0. The Hall–Kier alpha value is -0.823. The minimum atomic E-state index is -1.20. The number of rotatable bonds is 6. The molecule has 0 aliphatic rings. The van der Waals surface area contributed by atoms with Gasteiger partial charge < -0.3 is 0 Å². The van der Waals surface area contributed by atoms with E-state index in [1.165, 1.54) is 28.9 Å². The lowest BCUT2D eigenvalue weighted by atomic mass is 10.1. The van der Waals surface area contributed by atoms with Crippen molar-refractivity contribution in [1.82, 2.24) is 0 Å². The lowest BCUT2D eigenvalue weighted by Gasteiger charge is -2.30. The number of hydrogen-bond donors (Lipinski definition) is 0. The molecule has 1 aromatic carbocycles. The van der Waals surface area contributed by atoms with Gasteiger partial charge in [-0.1, -0.05) is 74.4 Å². The van der Waals surface area contributed by atoms with Gasteiger partial charge in [0.1, 0.15) is 0 Å². The van der Waals surface area contributed by atoms with Gasteiger partial charge in [0, 0.05) is 0 Å². The van der Waals surface area contributed by atoms with Crippen molar-refractivity contribution in [2.75, 3.05) is 0 Å². The van der Waals surface area contributed by atoms with Crippen LogP contribution in [-0.2, 0) is 6.42 Å². The molecule has 16 heavy (non-hydrogen) atoms. The van der Waals surface area contributed by atoms with E-state index in [-0.39, 0.29) is 0 Å². The second kappa shape index (κ2) is 6.05. The van der Waals surface area contributed by atoms with Gasteiger partial charge in [0.2, 0.25) is 0 Å². The van der Waals surface area contributed by atoms with Crippen LogP contribution in [0.5, 0.6) is 0 Å². The van der Waals surface area contributed by atoms with E-state index < -0.39 is 8.07 Å². The van der Waals surface area contributed by atoms with Crippen molar-refractivity contribution in [3.05, 3.63) is 47.7 Å². The first-order valence-electron chi connectivity index (χ1n) is 6.40. The van der Waals surface area contributed by atoms with E-state index in [0.29, 0.717) is 0 Å². The van der Waals surface area contributed by atoms with Crippen molar-refractivity contribution in [3.8, 4) is 0 Å². The van der Waals surface area contributed by atoms with E-state index >= 15 is 0 Å². The Morgan fingerprint density at radius 3 is 1.94 bits per heavy atom. The summed E-state index contributed by atoms with van der Waals surface area (Å²) in [6, 6.07) is 14.8. The van der Waals surface area contributed by atoms with Gasteiger partial charge in [0.15, 0.2) is 0 Å². The molecule has 0 heterocycles. The third-order valence-corrected chi connectivity index (χ3v) is 9.78. The quantitative estimate of drug-likeness (QED) is 0.616. The van der Waals surface area contributed by atoms with Crippen LogP contribution in [0.25, 0.3) is 0 Å². The van der Waals surface area contributed by atoms with Crippen LogP contribution >= 0.6 is 0 Å². The van der Waals surface area contributed by atoms with Crippen LogP contribution in [0.2, 0.25) is 18.1 Å². The van der Waals surface area contributed by atoms with Crippen molar-refractivity contribution in [2.45, 2.75) is 45.3 Å². The Bertz CT molecular complexity index is 314. The van der Waals surface area contributed by atoms with Gasteiger partial charge in [-0.2, -0.15) is 0 Å². The molecule has 0 bridgehead atoms. The molecule has 0 amide bonds. The lowest BCUT2D eigenvalue weighted by molar-refractivity contribution is 1.12. The maximum Gasteiger partial charge on any atom is 0.0804 e. The topological polar surface area (TPSA) is 0 Å². The van der Waals surface area contributed by atoms with E-state index in [1.54, 1.807) is 0 Å². The summed E-state index contributed by atoms with van der Waals surface area (Å²) in [5.41, 5.74) is 1.42. The minimum absolute atomic E-state index is 1.09. The standard InChI is InChI=1S/C15H24Si/c1-5-16(6-2,7-3)14(4)13-15-11-9-8-10-12-15/h8-12H,4-7,13H2,1-3H3. The summed E-state index contributed by atoms with van der Waals surface area (Å²) in [4.78, 5) is 0. The summed E-state index contributed by atoms with van der Waals surface area (Å²) in [7, 11) is -1.20. The van der Waals surface area contributed by atoms with Gasteiger partial charge in [0.05, 0.1) is 8.07 Å². The van der Waals surface area contributed by atoms with Crippen molar-refractivity contribution in [1.29, 1.82) is 0 Å². The third kappa shape index (κ3) is 2.85. The van der Waals surface area contributed by atoms with E-state index in [1.807, 2.05) is 0 Å². The zero-order chi connectivity index (χ0) is 12.0. The Labute approximate surface area is 101 Å². The summed E-state index contributed by atoms with van der Waals surface area (Å²) >= 11 is 0. The Morgan fingerprint density at radius 2 is 1.50 bits per heavy atom. The maximum absolute atomic E-state index is 4.40. The van der Waals surface area contributed by atoms with E-state index in [4.69, 9.17) is 0 Å². The minimum Gasteiger partial charge on any atom is -0.103 e. The van der Waals surface area contributed by atoms with Crippen LogP contribution in [-0.4, -0.2) is 8.07 Å². The second-order valence-corrected chi connectivity index (χ2v) is 10.00. The molecule has 0 unspecified atom stereocenters. The number of benzene rings is 1. The second-order valence-electron chi connectivity index (χ2n) is 4.61. The molecule has 0 atom stereocenters. The summed E-state index contributed by atoms with van der Waals surface area (Å²) in [6.45, 7) is 11.4. The van der Waals surface area contributed by atoms with Gasteiger partial charge in [-0.25, -0.2) is 0 Å². The summed E-state index contributed by atoms with van der Waals surface area (Å²) in [5, 5.41) is 1.53. The third-order valence-electron chi connectivity index (χ3n) is 4.04. The zero-order valence-corrected chi connectivity index (χ0v) is 11.9. The van der Waals surface area contributed by atoms with Crippen molar-refractivity contribution in [3.63, 3.8) is 0 Å². The molecule has 0 aromatic heterocycles. The van der Waals surface area contributed by atoms with Gasteiger partial charge in [-0.05, 0) is 12.0 Å². The smallest absolute Gasteiger partial charge is 0.0804 e. The van der Waals surface area contributed by atoms with Gasteiger partial charge >= 0.3 is 0 Å². The molecule has 0 spiro atoms. The highest BCUT2D eigenvalue weighted by atomic mass is 28.3. The van der Waals surface area contributed by atoms with Crippen molar-refractivity contribution < 1.29 is 0 Å². The molecular weight excluding hydrogens is 208 g/mol. The molecule has 0 N–H and O–H groups in total. The fourth-order valence-electron chi connectivity index (χ4n) is 2.53. The SMILES string of the molecule is C=C(Cc1ccccc1)[Si](CC)(CC)CC. The molecule has 1 rings (SSSR count). The van der Waals surface area contributed by atoms with Gasteiger partial charge in [-0.15, -0.1) is 6.58 Å². The fraction of sp³-hybridized carbons (Fsp3) is 0.467. The van der Waals surface area contributed by atoms with Crippen LogP contribution < -0.4 is 0 Å². The van der Waals surface area contributed by atoms with Gasteiger partial charge in [-0.3, -0.25) is 0 Å². The predicted molar refractivity (Wildman–Crippen MR) is 76.5 cm³/mol. The van der Waals surface area contributed by atoms with Crippen LogP contribution in [0.1, 0.15) is 26.3 Å². The van der Waals surface area contributed by atoms with E-state index in [2.05, 4.69) is 57.7 Å². The lowest BCUT2D eigenvalue weighted by Crippen LogP contribution is -2.35. The monoisotopic (exact) mass is 232 g/mol. The molecule has 0 aliphatic carbocycles. The van der Waals surface area contributed by atoms with Crippen LogP contribution in [0.3, 0.4) is 0 Å². The maximum atomic E-state index is 4.40. The Balaban J connectivity index is 2.78. The largest absolute Gasteiger partial charge is 0.103 e. The average Bonchev–Trinajstić information content (AvgIpc) is 2.33. The first kappa shape index (κ1) is 13.2. The number of hydrogen-bond acceptors (Lipinski definition) is 0. The van der Waals surface area contributed by atoms with E-state index in [9.17, 15) is 0 Å². The Morgan fingerprint density at radius 1 is 1.00 bits per heavy atom. The highest BCUT2D eigenvalue weighted by Gasteiger charge is 2.29. The molecular formula is C15H24Si. The van der Waals surface area contributed by atoms with Crippen molar-refractivity contribution in [2.24, 2.45) is 0 Å². The first-order chi connectivity index (χ1) is 7.68. The highest BCUT2D eigenvalue weighted by molar-refractivity contribution is 6.86. The van der Waals surface area contributed by atoms with Gasteiger partial charge in [0.25, 0.3) is 0 Å².